The van der Waals surface area contributed by atoms with E-state index in [-0.39, 0.29) is 0 Å². The van der Waals surface area contributed by atoms with Gasteiger partial charge >= 0.3 is 0 Å². The fraction of sp³-hybridized carbons (Fsp3) is 0.0270. The quantitative estimate of drug-likeness (QED) is 0.166. The van der Waals surface area contributed by atoms with E-state index in [0.717, 1.165) is 50.3 Å². The first-order valence-electron chi connectivity index (χ1n) is 26.7. The highest BCUT2D eigenvalue weighted by molar-refractivity contribution is 6.13. The number of rotatable bonds is 6. The van der Waals surface area contributed by atoms with Crippen LogP contribution in [-0.4, -0.2) is 0 Å². The van der Waals surface area contributed by atoms with E-state index < -0.39 is 10.8 Å². The van der Waals surface area contributed by atoms with Gasteiger partial charge in [-0.3, -0.25) is 0 Å². The normalized spacial score (nSPS) is 15.4. The van der Waals surface area contributed by atoms with Crippen molar-refractivity contribution in [1.82, 2.24) is 0 Å². The van der Waals surface area contributed by atoms with Crippen LogP contribution in [0.5, 0.6) is 0 Å². The number of benzene rings is 12. The molecule has 3 aliphatic carbocycles. The van der Waals surface area contributed by atoms with E-state index in [1.54, 1.807) is 0 Å². The number of furan rings is 1. The summed E-state index contributed by atoms with van der Waals surface area (Å²) in [6.07, 6.45) is 0. The summed E-state index contributed by atoms with van der Waals surface area (Å²) in [6.45, 7) is 0. The SMILES string of the molecule is c1ccc(N2c3ccccc3C3(c4ccccc4)c4cc(-c5ccc(N(c6ccc7c(c6)C6(c8ccccc8-c8ccccc86)c6ccccc6-7)c6cccc7oc8ccccc8c67)cc5)ccc4-c4cccc2c43)cc1. The van der Waals surface area contributed by atoms with Crippen molar-refractivity contribution in [1.29, 1.82) is 0 Å². The third-order valence-corrected chi connectivity index (χ3v) is 17.5. The molecule has 77 heavy (non-hydrogen) atoms. The maximum Gasteiger partial charge on any atom is 0.137 e. The molecule has 0 radical (unpaired) electrons. The van der Waals surface area contributed by atoms with E-state index in [2.05, 4.69) is 289 Å². The Hall–Kier alpha value is -9.96. The van der Waals surface area contributed by atoms with Crippen LogP contribution in [0.1, 0.15) is 44.5 Å². The lowest BCUT2D eigenvalue weighted by molar-refractivity contribution is 0.669. The summed E-state index contributed by atoms with van der Waals surface area (Å²) in [5.74, 6) is 0. The Morgan fingerprint density at radius 1 is 0.325 bits per heavy atom. The number of fused-ring (bicyclic) bond motifs is 18. The van der Waals surface area contributed by atoms with Crippen LogP contribution in [0.2, 0.25) is 0 Å². The van der Waals surface area contributed by atoms with Crippen molar-refractivity contribution in [3.8, 4) is 44.5 Å². The fourth-order valence-corrected chi connectivity index (χ4v) is 14.5. The van der Waals surface area contributed by atoms with Crippen LogP contribution in [0.4, 0.5) is 34.1 Å². The molecule has 17 rings (SSSR count). The summed E-state index contributed by atoms with van der Waals surface area (Å²) < 4.78 is 6.61. The van der Waals surface area contributed by atoms with E-state index in [1.165, 1.54) is 94.8 Å². The highest BCUT2D eigenvalue weighted by Crippen LogP contribution is 2.66. The number of nitrogens with zero attached hydrogens (tertiary/aromatic N) is 2. The van der Waals surface area contributed by atoms with Crippen molar-refractivity contribution < 1.29 is 4.42 Å². The van der Waals surface area contributed by atoms with Crippen LogP contribution in [0, 0.1) is 0 Å². The zero-order chi connectivity index (χ0) is 50.4. The van der Waals surface area contributed by atoms with Gasteiger partial charge in [0, 0.05) is 28.0 Å². The van der Waals surface area contributed by atoms with Crippen molar-refractivity contribution in [3.05, 3.63) is 324 Å². The molecule has 0 N–H and O–H groups in total. The van der Waals surface area contributed by atoms with Crippen molar-refractivity contribution in [2.75, 3.05) is 9.80 Å². The molecule has 1 aliphatic heterocycles. The Labute approximate surface area is 446 Å². The zero-order valence-electron chi connectivity index (χ0n) is 41.9. The second kappa shape index (κ2) is 15.8. The van der Waals surface area contributed by atoms with Crippen molar-refractivity contribution in [2.24, 2.45) is 0 Å². The molecular formula is C74H46N2O. The van der Waals surface area contributed by atoms with Gasteiger partial charge in [-0.2, -0.15) is 0 Å². The van der Waals surface area contributed by atoms with Gasteiger partial charge in [0.1, 0.15) is 11.2 Å². The molecule has 12 aromatic carbocycles. The molecule has 2 heterocycles. The second-order valence-corrected chi connectivity index (χ2v) is 21.0. The number of para-hydroxylation sites is 3. The van der Waals surface area contributed by atoms with Crippen LogP contribution in [0.25, 0.3) is 66.4 Å². The van der Waals surface area contributed by atoms with Crippen LogP contribution < -0.4 is 9.80 Å². The van der Waals surface area contributed by atoms with E-state index in [1.807, 2.05) is 0 Å². The molecule has 0 amide bonds. The summed E-state index contributed by atoms with van der Waals surface area (Å²) in [5.41, 5.74) is 27.9. The molecule has 0 fully saturated rings. The Balaban J connectivity index is 0.859. The minimum Gasteiger partial charge on any atom is -0.456 e. The summed E-state index contributed by atoms with van der Waals surface area (Å²) in [4.78, 5) is 4.92. The third kappa shape index (κ3) is 5.54. The summed E-state index contributed by atoms with van der Waals surface area (Å²) >= 11 is 0. The van der Waals surface area contributed by atoms with E-state index >= 15 is 0 Å². The van der Waals surface area contributed by atoms with E-state index in [4.69, 9.17) is 4.42 Å². The standard InChI is InChI=1S/C74H46N2O/c1-3-19-49(20-4-1)73-63-31-14-15-32-66(63)76(50-21-5-2-6-22-50)68-34-17-27-58(72(68)73)57-43-39-48(45-64(57)73)47-37-40-51(41-38-47)75(67-33-18-36-70-71(67)59-26-10-16-35-69(59)77-70)52-42-44-56-55-25-9-13-30-62(55)74(65(56)46-52)60-28-11-7-23-53(60)54-24-8-12-29-61(54)74/h1-46H. The Morgan fingerprint density at radius 2 is 0.844 bits per heavy atom. The molecule has 0 saturated carbocycles. The van der Waals surface area contributed by atoms with Crippen molar-refractivity contribution in [3.63, 3.8) is 0 Å². The lowest BCUT2D eigenvalue weighted by Gasteiger charge is -2.44. The van der Waals surface area contributed by atoms with Gasteiger partial charge in [0.25, 0.3) is 0 Å². The van der Waals surface area contributed by atoms with E-state index in [9.17, 15) is 0 Å². The maximum atomic E-state index is 6.61. The molecule has 0 saturated heterocycles. The van der Waals surface area contributed by atoms with Gasteiger partial charge in [-0.1, -0.05) is 206 Å². The molecule has 1 spiro atoms. The molecular weight excluding hydrogens is 933 g/mol. The van der Waals surface area contributed by atoms with Gasteiger partial charge < -0.3 is 14.2 Å². The Kier molecular flexibility index (Phi) is 8.69. The molecule has 4 aliphatic rings. The zero-order valence-corrected chi connectivity index (χ0v) is 41.9. The molecule has 358 valence electrons. The van der Waals surface area contributed by atoms with Crippen LogP contribution in [0.3, 0.4) is 0 Å². The van der Waals surface area contributed by atoms with Gasteiger partial charge in [-0.05, 0) is 156 Å². The number of anilines is 6. The lowest BCUT2D eigenvalue weighted by Crippen LogP contribution is -2.35. The number of hydrogen-bond acceptors (Lipinski definition) is 3. The minimum absolute atomic E-state index is 0.483. The molecule has 13 aromatic rings. The average Bonchev–Trinajstić information content (AvgIpc) is 4.25. The van der Waals surface area contributed by atoms with Crippen LogP contribution in [-0.2, 0) is 10.8 Å². The van der Waals surface area contributed by atoms with Gasteiger partial charge in [0.05, 0.1) is 33.3 Å². The Morgan fingerprint density at radius 3 is 1.58 bits per heavy atom. The molecule has 1 aromatic heterocycles. The molecule has 3 nitrogen and oxygen atoms in total. The number of hydrogen-bond donors (Lipinski definition) is 0. The topological polar surface area (TPSA) is 19.6 Å². The van der Waals surface area contributed by atoms with Gasteiger partial charge in [0.15, 0.2) is 0 Å². The van der Waals surface area contributed by atoms with Crippen molar-refractivity contribution >= 4 is 56.1 Å². The predicted molar refractivity (Wildman–Crippen MR) is 316 cm³/mol. The summed E-state index contributed by atoms with van der Waals surface area (Å²) in [7, 11) is 0. The van der Waals surface area contributed by atoms with Gasteiger partial charge in [-0.15, -0.1) is 0 Å². The average molecular weight is 979 g/mol. The lowest BCUT2D eigenvalue weighted by atomic mass is 9.64. The molecule has 1 unspecified atom stereocenters. The largest absolute Gasteiger partial charge is 0.456 e. The fourth-order valence-electron chi connectivity index (χ4n) is 14.5. The first-order valence-corrected chi connectivity index (χ1v) is 26.7. The second-order valence-electron chi connectivity index (χ2n) is 21.0. The third-order valence-electron chi connectivity index (χ3n) is 17.5. The minimum atomic E-state index is -0.547. The van der Waals surface area contributed by atoms with Gasteiger partial charge in [0.2, 0.25) is 0 Å². The molecule has 0 bridgehead atoms. The monoisotopic (exact) mass is 978 g/mol. The van der Waals surface area contributed by atoms with Gasteiger partial charge in [-0.25, -0.2) is 0 Å². The molecule has 3 heteroatoms. The van der Waals surface area contributed by atoms with Crippen LogP contribution >= 0.6 is 0 Å². The first-order chi connectivity index (χ1) is 38.2. The smallest absolute Gasteiger partial charge is 0.137 e. The predicted octanol–water partition coefficient (Wildman–Crippen LogP) is 19.2. The van der Waals surface area contributed by atoms with E-state index in [0.29, 0.717) is 0 Å². The summed E-state index contributed by atoms with van der Waals surface area (Å²) in [5, 5.41) is 2.18. The van der Waals surface area contributed by atoms with Crippen LogP contribution in [0.15, 0.2) is 283 Å². The van der Waals surface area contributed by atoms with Crippen molar-refractivity contribution in [2.45, 2.75) is 10.8 Å². The first kappa shape index (κ1) is 42.4. The Bertz CT molecular complexity index is 4530. The molecule has 1 atom stereocenters. The summed E-state index contributed by atoms with van der Waals surface area (Å²) in [6, 6.07) is 104. The highest BCUT2D eigenvalue weighted by atomic mass is 16.3. The highest BCUT2D eigenvalue weighted by Gasteiger charge is 2.54. The maximum absolute atomic E-state index is 6.61.